The molecule has 1 aliphatic rings. The summed E-state index contributed by atoms with van der Waals surface area (Å²) < 4.78 is 37.2. The second-order valence-electron chi connectivity index (χ2n) is 4.70. The molecule has 1 aromatic rings. The van der Waals surface area contributed by atoms with Crippen LogP contribution in [0.1, 0.15) is 30.3 Å². The van der Waals surface area contributed by atoms with Gasteiger partial charge in [0.05, 0.1) is 12.6 Å². The van der Waals surface area contributed by atoms with Crippen LogP contribution in [0.5, 0.6) is 0 Å². The van der Waals surface area contributed by atoms with Crippen LogP contribution in [-0.2, 0) is 11.0 Å². The number of nitrogens with zero attached hydrogens (tertiary/aromatic N) is 3. The molecular formula is C12H15F3N4O. The standard InChI is InChI=1S/C12H15F3N4O/c13-12(14,15)11-17-5-8(6-18-11)10(4-16)19-3-1-2-9(20)7-19/h5-6,10H,1-4,7,16H2. The topological polar surface area (TPSA) is 72.1 Å². The van der Waals surface area contributed by atoms with Crippen molar-refractivity contribution in [2.45, 2.75) is 25.1 Å². The molecule has 0 amide bonds. The van der Waals surface area contributed by atoms with Gasteiger partial charge in [-0.2, -0.15) is 13.2 Å². The first kappa shape index (κ1) is 14.9. The maximum Gasteiger partial charge on any atom is 0.451 e. The molecular weight excluding hydrogens is 273 g/mol. The second-order valence-corrected chi connectivity index (χ2v) is 4.70. The highest BCUT2D eigenvalue weighted by atomic mass is 19.4. The lowest BCUT2D eigenvalue weighted by atomic mass is 10.0. The molecule has 0 radical (unpaired) electrons. The molecule has 1 atom stereocenters. The Balaban J connectivity index is 2.17. The third-order valence-corrected chi connectivity index (χ3v) is 3.25. The molecule has 1 unspecified atom stereocenters. The summed E-state index contributed by atoms with van der Waals surface area (Å²) in [6, 6.07) is -0.332. The van der Waals surface area contributed by atoms with Crippen molar-refractivity contribution in [3.8, 4) is 0 Å². The van der Waals surface area contributed by atoms with Crippen LogP contribution in [0, 0.1) is 0 Å². The van der Waals surface area contributed by atoms with Crippen LogP contribution in [0.2, 0.25) is 0 Å². The first-order valence-corrected chi connectivity index (χ1v) is 6.26. The van der Waals surface area contributed by atoms with Crippen LogP contribution in [0.4, 0.5) is 13.2 Å². The molecule has 2 heterocycles. The van der Waals surface area contributed by atoms with Gasteiger partial charge in [0.2, 0.25) is 5.82 Å². The number of piperidine rings is 1. The number of alkyl halides is 3. The number of carbonyl (C=O) groups excluding carboxylic acids is 1. The van der Waals surface area contributed by atoms with Gasteiger partial charge in [0.15, 0.2) is 0 Å². The molecule has 1 fully saturated rings. The monoisotopic (exact) mass is 288 g/mol. The van der Waals surface area contributed by atoms with Gasteiger partial charge < -0.3 is 5.73 Å². The second kappa shape index (κ2) is 5.84. The van der Waals surface area contributed by atoms with Crippen molar-refractivity contribution in [2.24, 2.45) is 5.73 Å². The zero-order chi connectivity index (χ0) is 14.8. The van der Waals surface area contributed by atoms with Crippen molar-refractivity contribution in [1.82, 2.24) is 14.9 Å². The number of Topliss-reactive ketones (excluding diaryl/α,β-unsaturated/α-hetero) is 1. The van der Waals surface area contributed by atoms with E-state index in [4.69, 9.17) is 5.73 Å². The van der Waals surface area contributed by atoms with Crippen LogP contribution in [0.3, 0.4) is 0 Å². The highest BCUT2D eigenvalue weighted by molar-refractivity contribution is 5.81. The molecule has 1 aromatic heterocycles. The Hall–Kier alpha value is -1.54. The largest absolute Gasteiger partial charge is 0.451 e. The van der Waals surface area contributed by atoms with Crippen LogP contribution in [-0.4, -0.2) is 40.3 Å². The van der Waals surface area contributed by atoms with E-state index in [2.05, 4.69) is 9.97 Å². The van der Waals surface area contributed by atoms with E-state index in [1.807, 2.05) is 4.90 Å². The summed E-state index contributed by atoms with van der Waals surface area (Å²) in [6.07, 6.45) is -1.02. The minimum atomic E-state index is -4.56. The quantitative estimate of drug-likeness (QED) is 0.903. The molecule has 20 heavy (non-hydrogen) atoms. The van der Waals surface area contributed by atoms with E-state index in [-0.39, 0.29) is 24.9 Å². The summed E-state index contributed by atoms with van der Waals surface area (Å²) in [6.45, 7) is 1.15. The molecule has 0 aliphatic carbocycles. The van der Waals surface area contributed by atoms with Crippen molar-refractivity contribution in [1.29, 1.82) is 0 Å². The SMILES string of the molecule is NCC(c1cnc(C(F)(F)F)nc1)N1CCCC(=O)C1. The number of aromatic nitrogens is 2. The van der Waals surface area contributed by atoms with E-state index in [1.54, 1.807) is 0 Å². The highest BCUT2D eigenvalue weighted by Crippen LogP contribution is 2.27. The molecule has 0 aromatic carbocycles. The highest BCUT2D eigenvalue weighted by Gasteiger charge is 2.35. The van der Waals surface area contributed by atoms with Gasteiger partial charge in [-0.1, -0.05) is 0 Å². The minimum Gasteiger partial charge on any atom is -0.329 e. The lowest BCUT2D eigenvalue weighted by molar-refractivity contribution is -0.145. The average Bonchev–Trinajstić information content (AvgIpc) is 2.39. The van der Waals surface area contributed by atoms with Gasteiger partial charge in [-0.05, 0) is 13.0 Å². The molecule has 1 saturated heterocycles. The van der Waals surface area contributed by atoms with E-state index in [0.717, 1.165) is 18.8 Å². The van der Waals surface area contributed by atoms with Gasteiger partial charge in [-0.25, -0.2) is 9.97 Å². The van der Waals surface area contributed by atoms with E-state index < -0.39 is 12.0 Å². The van der Waals surface area contributed by atoms with Gasteiger partial charge in [-0.15, -0.1) is 0 Å². The number of halogens is 3. The number of ketones is 1. The predicted molar refractivity (Wildman–Crippen MR) is 64.6 cm³/mol. The van der Waals surface area contributed by atoms with E-state index in [0.29, 0.717) is 18.5 Å². The van der Waals surface area contributed by atoms with Crippen molar-refractivity contribution in [3.63, 3.8) is 0 Å². The molecule has 2 N–H and O–H groups in total. The Labute approximate surface area is 114 Å². The third kappa shape index (κ3) is 3.31. The molecule has 8 heteroatoms. The summed E-state index contributed by atoms with van der Waals surface area (Å²) in [5.41, 5.74) is 6.17. The van der Waals surface area contributed by atoms with E-state index >= 15 is 0 Å². The maximum atomic E-state index is 12.4. The smallest absolute Gasteiger partial charge is 0.329 e. The van der Waals surface area contributed by atoms with Crippen LogP contribution in [0.15, 0.2) is 12.4 Å². The van der Waals surface area contributed by atoms with Gasteiger partial charge >= 0.3 is 6.18 Å². The van der Waals surface area contributed by atoms with Crippen LogP contribution < -0.4 is 5.73 Å². The minimum absolute atomic E-state index is 0.113. The summed E-state index contributed by atoms with van der Waals surface area (Å²) in [4.78, 5) is 20.0. The Bertz CT molecular complexity index is 475. The lowest BCUT2D eigenvalue weighted by Gasteiger charge is -2.33. The fraction of sp³-hybridized carbons (Fsp3) is 0.583. The molecule has 5 nitrogen and oxygen atoms in total. The molecule has 2 rings (SSSR count). The number of nitrogens with two attached hydrogens (primary N) is 1. The predicted octanol–water partition coefficient (Wildman–Crippen LogP) is 1.16. The number of hydrogen-bond donors (Lipinski definition) is 1. The number of carbonyl (C=O) groups is 1. The summed E-state index contributed by atoms with van der Waals surface area (Å²) >= 11 is 0. The summed E-state index contributed by atoms with van der Waals surface area (Å²) in [5, 5.41) is 0. The molecule has 0 bridgehead atoms. The van der Waals surface area contributed by atoms with Gasteiger partial charge in [0, 0.05) is 30.9 Å². The Morgan fingerprint density at radius 2 is 2.00 bits per heavy atom. The zero-order valence-electron chi connectivity index (χ0n) is 10.7. The van der Waals surface area contributed by atoms with Crippen LogP contribution in [0.25, 0.3) is 0 Å². The third-order valence-electron chi connectivity index (χ3n) is 3.25. The van der Waals surface area contributed by atoms with Gasteiger partial charge in [0.1, 0.15) is 5.78 Å². The maximum absolute atomic E-state index is 12.4. The average molecular weight is 288 g/mol. The number of rotatable bonds is 3. The fourth-order valence-corrected chi connectivity index (χ4v) is 2.28. The van der Waals surface area contributed by atoms with Crippen LogP contribution >= 0.6 is 0 Å². The summed E-state index contributed by atoms with van der Waals surface area (Å²) in [5.74, 6) is -1.06. The van der Waals surface area contributed by atoms with E-state index in [9.17, 15) is 18.0 Å². The van der Waals surface area contributed by atoms with Gasteiger partial charge in [0.25, 0.3) is 0 Å². The molecule has 1 aliphatic heterocycles. The lowest BCUT2D eigenvalue weighted by Crippen LogP contribution is -2.41. The number of hydrogen-bond acceptors (Lipinski definition) is 5. The molecule has 0 saturated carbocycles. The number of likely N-dealkylation sites (tertiary alicyclic amines) is 1. The Morgan fingerprint density at radius 3 is 2.50 bits per heavy atom. The first-order chi connectivity index (χ1) is 9.41. The molecule has 110 valence electrons. The van der Waals surface area contributed by atoms with Gasteiger partial charge in [-0.3, -0.25) is 9.69 Å². The Kier molecular flexibility index (Phi) is 4.34. The summed E-state index contributed by atoms with van der Waals surface area (Å²) in [7, 11) is 0. The van der Waals surface area contributed by atoms with Crippen molar-refractivity contribution in [2.75, 3.05) is 19.6 Å². The van der Waals surface area contributed by atoms with Crippen molar-refractivity contribution in [3.05, 3.63) is 23.8 Å². The normalized spacial score (nSPS) is 19.1. The molecule has 0 spiro atoms. The van der Waals surface area contributed by atoms with Crippen molar-refractivity contribution >= 4 is 5.78 Å². The Morgan fingerprint density at radius 1 is 1.35 bits per heavy atom. The van der Waals surface area contributed by atoms with E-state index in [1.165, 1.54) is 0 Å². The fourth-order valence-electron chi connectivity index (χ4n) is 2.28. The van der Waals surface area contributed by atoms with Crippen molar-refractivity contribution < 1.29 is 18.0 Å². The zero-order valence-corrected chi connectivity index (χ0v) is 10.7. The first-order valence-electron chi connectivity index (χ1n) is 6.26.